The molecule has 1 atom stereocenters. The van der Waals surface area contributed by atoms with Gasteiger partial charge in [-0.2, -0.15) is 48.3 Å². The van der Waals surface area contributed by atoms with E-state index in [1.165, 1.54) is 0 Å². The summed E-state index contributed by atoms with van der Waals surface area (Å²) >= 11 is 0. The summed E-state index contributed by atoms with van der Waals surface area (Å²) in [6.07, 6.45) is -22.7. The predicted octanol–water partition coefficient (Wildman–Crippen LogP) is 3.66. The van der Waals surface area contributed by atoms with E-state index in [4.69, 9.17) is 5.11 Å². The number of aliphatic carboxylic acids is 1. The van der Waals surface area contributed by atoms with Crippen molar-refractivity contribution in [1.29, 1.82) is 0 Å². The van der Waals surface area contributed by atoms with Crippen molar-refractivity contribution in [3.05, 3.63) is 12.2 Å². The molecule has 0 radical (unpaired) electrons. The summed E-state index contributed by atoms with van der Waals surface area (Å²) in [7, 11) is 0. The van der Waals surface area contributed by atoms with Gasteiger partial charge in [0.15, 0.2) is 0 Å². The zero-order chi connectivity index (χ0) is 18.2. The smallest absolute Gasteiger partial charge is 0.462 e. The second-order valence-electron chi connectivity index (χ2n) is 3.51. The first-order valence-electron chi connectivity index (χ1n) is 4.58. The van der Waals surface area contributed by atoms with Crippen LogP contribution in [0.3, 0.4) is 0 Å². The van der Waals surface area contributed by atoms with E-state index < -0.39 is 48.4 Å². The van der Waals surface area contributed by atoms with Gasteiger partial charge in [-0.15, -0.1) is 0 Å². The molecule has 0 spiro atoms. The Balaban J connectivity index is 5.82. The number of carbonyl (C=O) groups is 1. The maximum absolute atomic E-state index is 13.2. The lowest BCUT2D eigenvalue weighted by atomic mass is 10.2. The lowest BCUT2D eigenvalue weighted by Gasteiger charge is -2.33. The summed E-state index contributed by atoms with van der Waals surface area (Å²) < 4.78 is 137. The molecular formula is C8H3F11O3. The van der Waals surface area contributed by atoms with E-state index in [1.807, 2.05) is 4.74 Å². The first kappa shape index (κ1) is 20.4. The summed E-state index contributed by atoms with van der Waals surface area (Å²) in [5.74, 6) is -15.4. The molecule has 0 amide bonds. The molecule has 22 heavy (non-hydrogen) atoms. The third-order valence-electron chi connectivity index (χ3n) is 1.83. The fourth-order valence-corrected chi connectivity index (χ4v) is 0.780. The van der Waals surface area contributed by atoms with Crippen LogP contribution in [0.5, 0.6) is 0 Å². The second kappa shape index (κ2) is 5.55. The highest BCUT2D eigenvalue weighted by Crippen LogP contribution is 2.51. The van der Waals surface area contributed by atoms with Gasteiger partial charge in [-0.25, -0.2) is 4.79 Å². The summed E-state index contributed by atoms with van der Waals surface area (Å²) in [6, 6.07) is 0. The standard InChI is InChI=1S/C8H3F11O3/c9-4(6(12,13)14,2-1-3(20)21)22-8(18,19)5(10,11)7(15,16)17/h1-2H,(H,20,21). The van der Waals surface area contributed by atoms with Crippen LogP contribution in [0.2, 0.25) is 0 Å². The molecule has 0 aliphatic heterocycles. The van der Waals surface area contributed by atoms with E-state index >= 15 is 0 Å². The van der Waals surface area contributed by atoms with Gasteiger partial charge in [0.25, 0.3) is 0 Å². The number of halogens is 11. The van der Waals surface area contributed by atoms with Gasteiger partial charge in [-0.3, -0.25) is 4.74 Å². The fraction of sp³-hybridized carbons (Fsp3) is 0.625. The monoisotopic (exact) mass is 356 g/mol. The first-order chi connectivity index (χ1) is 9.37. The Bertz CT molecular complexity index is 449. The summed E-state index contributed by atoms with van der Waals surface area (Å²) in [5, 5.41) is 7.94. The number of hydrogen-bond acceptors (Lipinski definition) is 2. The normalized spacial score (nSPS) is 17.6. The van der Waals surface area contributed by atoms with Gasteiger partial charge in [-0.1, -0.05) is 0 Å². The van der Waals surface area contributed by atoms with Crippen molar-refractivity contribution in [3.63, 3.8) is 0 Å². The molecule has 0 bridgehead atoms. The zero-order valence-corrected chi connectivity index (χ0v) is 9.58. The molecule has 0 saturated carbocycles. The third kappa shape index (κ3) is 3.98. The Morgan fingerprint density at radius 2 is 1.23 bits per heavy atom. The fourth-order valence-electron chi connectivity index (χ4n) is 0.780. The van der Waals surface area contributed by atoms with E-state index in [-0.39, 0.29) is 0 Å². The Morgan fingerprint density at radius 1 is 0.818 bits per heavy atom. The van der Waals surface area contributed by atoms with Crippen LogP contribution in [0.25, 0.3) is 0 Å². The molecule has 130 valence electrons. The highest BCUT2D eigenvalue weighted by molar-refractivity contribution is 5.79. The Labute approximate surface area is 112 Å². The molecule has 1 N–H and O–H groups in total. The molecule has 0 fully saturated rings. The molecule has 0 aliphatic rings. The minimum atomic E-state index is -7.18. The van der Waals surface area contributed by atoms with Crippen molar-refractivity contribution in [2.45, 2.75) is 30.2 Å². The van der Waals surface area contributed by atoms with Crippen molar-refractivity contribution in [1.82, 2.24) is 0 Å². The number of hydrogen-bond donors (Lipinski definition) is 1. The van der Waals surface area contributed by atoms with Crippen molar-refractivity contribution < 1.29 is 62.9 Å². The summed E-state index contributed by atoms with van der Waals surface area (Å²) in [4.78, 5) is 9.90. The average molecular weight is 356 g/mol. The highest BCUT2D eigenvalue weighted by Gasteiger charge is 2.77. The SMILES string of the molecule is O=C(O)C=CC(F)(OC(F)(F)C(F)(F)C(F)(F)F)C(F)(F)F. The van der Waals surface area contributed by atoms with Crippen LogP contribution in [0, 0.1) is 0 Å². The molecule has 14 heteroatoms. The van der Waals surface area contributed by atoms with Crippen LogP contribution in [0.1, 0.15) is 0 Å². The molecule has 0 saturated heterocycles. The van der Waals surface area contributed by atoms with Crippen molar-refractivity contribution in [2.24, 2.45) is 0 Å². The van der Waals surface area contributed by atoms with Crippen LogP contribution >= 0.6 is 0 Å². The summed E-state index contributed by atoms with van der Waals surface area (Å²) in [6.45, 7) is 0. The number of carboxylic acids is 1. The maximum Gasteiger partial charge on any atom is 0.462 e. The third-order valence-corrected chi connectivity index (χ3v) is 1.83. The minimum Gasteiger partial charge on any atom is -0.478 e. The van der Waals surface area contributed by atoms with E-state index in [0.29, 0.717) is 0 Å². The molecule has 0 aliphatic carbocycles. The van der Waals surface area contributed by atoms with Crippen LogP contribution in [-0.4, -0.2) is 41.3 Å². The Hall–Kier alpha value is -1.60. The summed E-state index contributed by atoms with van der Waals surface area (Å²) in [5.41, 5.74) is 0. The van der Waals surface area contributed by atoms with Crippen LogP contribution in [0.15, 0.2) is 12.2 Å². The Morgan fingerprint density at radius 3 is 1.50 bits per heavy atom. The predicted molar refractivity (Wildman–Crippen MR) is 43.7 cm³/mol. The van der Waals surface area contributed by atoms with E-state index in [9.17, 15) is 53.1 Å². The number of ether oxygens (including phenoxy) is 1. The molecular weight excluding hydrogens is 353 g/mol. The molecule has 0 aromatic carbocycles. The van der Waals surface area contributed by atoms with Crippen molar-refractivity contribution in [2.75, 3.05) is 0 Å². The lowest BCUT2D eigenvalue weighted by molar-refractivity contribution is -0.473. The largest absolute Gasteiger partial charge is 0.478 e. The molecule has 0 aromatic heterocycles. The molecule has 0 rings (SSSR count). The Kier molecular flexibility index (Phi) is 5.15. The van der Waals surface area contributed by atoms with Crippen LogP contribution < -0.4 is 0 Å². The van der Waals surface area contributed by atoms with Gasteiger partial charge < -0.3 is 5.11 Å². The molecule has 1 unspecified atom stereocenters. The van der Waals surface area contributed by atoms with E-state index in [0.717, 1.165) is 0 Å². The van der Waals surface area contributed by atoms with Crippen LogP contribution in [0.4, 0.5) is 48.3 Å². The van der Waals surface area contributed by atoms with Gasteiger partial charge in [0, 0.05) is 6.08 Å². The molecule has 0 aromatic rings. The van der Waals surface area contributed by atoms with E-state index in [2.05, 4.69) is 0 Å². The van der Waals surface area contributed by atoms with Crippen molar-refractivity contribution >= 4 is 5.97 Å². The van der Waals surface area contributed by atoms with Gasteiger partial charge in [0.05, 0.1) is 0 Å². The highest BCUT2D eigenvalue weighted by atomic mass is 19.4. The quantitative estimate of drug-likeness (QED) is 0.604. The molecule has 0 heterocycles. The number of alkyl halides is 11. The first-order valence-corrected chi connectivity index (χ1v) is 4.58. The van der Waals surface area contributed by atoms with Gasteiger partial charge >= 0.3 is 36.2 Å². The lowest BCUT2D eigenvalue weighted by Crippen LogP contribution is -2.58. The number of carboxylic acid groups (broad SMARTS) is 1. The minimum absolute atomic E-state index is 0.769. The van der Waals surface area contributed by atoms with Crippen molar-refractivity contribution in [3.8, 4) is 0 Å². The zero-order valence-electron chi connectivity index (χ0n) is 9.58. The van der Waals surface area contributed by atoms with Gasteiger partial charge in [0.2, 0.25) is 0 Å². The second-order valence-corrected chi connectivity index (χ2v) is 3.51. The average Bonchev–Trinajstić information content (AvgIpc) is 2.22. The molecule has 3 nitrogen and oxygen atoms in total. The maximum atomic E-state index is 13.2. The topological polar surface area (TPSA) is 46.5 Å². The van der Waals surface area contributed by atoms with Gasteiger partial charge in [0.1, 0.15) is 0 Å². The van der Waals surface area contributed by atoms with E-state index in [1.54, 1.807) is 0 Å². The van der Waals surface area contributed by atoms with Crippen LogP contribution in [-0.2, 0) is 9.53 Å². The number of rotatable bonds is 5. The van der Waals surface area contributed by atoms with Gasteiger partial charge in [-0.05, 0) is 6.08 Å².